The molecule has 1 aliphatic heterocycles. The zero-order valence-corrected chi connectivity index (χ0v) is 14.8. The van der Waals surface area contributed by atoms with E-state index in [9.17, 15) is 9.00 Å². The van der Waals surface area contributed by atoms with Crippen LogP contribution in [0.3, 0.4) is 0 Å². The molecule has 1 aliphatic rings. The SMILES string of the molecule is CC1CCN(C(=O)c2ccnc(OCCN(C)C)c2)CCS1=O. The molecule has 2 heterocycles. The number of pyridine rings is 1. The van der Waals surface area contributed by atoms with Crippen LogP contribution in [0.2, 0.25) is 0 Å². The van der Waals surface area contributed by atoms with Gasteiger partial charge in [-0.15, -0.1) is 0 Å². The summed E-state index contributed by atoms with van der Waals surface area (Å²) in [6, 6.07) is 3.38. The fraction of sp³-hybridized carbons (Fsp3) is 0.625. The quantitative estimate of drug-likeness (QED) is 0.801. The minimum atomic E-state index is -0.845. The lowest BCUT2D eigenvalue weighted by atomic mass is 10.2. The van der Waals surface area contributed by atoms with Gasteiger partial charge in [-0.1, -0.05) is 6.92 Å². The number of likely N-dealkylation sites (N-methyl/N-ethyl adjacent to an activating group) is 1. The first kappa shape index (κ1) is 17.9. The Bertz CT molecular complexity index is 565. The second kappa shape index (κ2) is 8.40. The molecule has 23 heavy (non-hydrogen) atoms. The highest BCUT2D eigenvalue weighted by Crippen LogP contribution is 2.15. The van der Waals surface area contributed by atoms with E-state index in [0.717, 1.165) is 13.0 Å². The van der Waals surface area contributed by atoms with Crippen LogP contribution in [-0.4, -0.2) is 76.2 Å². The lowest BCUT2D eigenvalue weighted by Gasteiger charge is -2.20. The molecule has 1 aromatic heterocycles. The standard InChI is InChI=1S/C16H25N3O3S/c1-13-5-7-19(9-11-23(13)21)16(20)14-4-6-17-15(12-14)22-10-8-18(2)3/h4,6,12-13H,5,7-11H2,1-3H3. The molecule has 1 fully saturated rings. The summed E-state index contributed by atoms with van der Waals surface area (Å²) < 4.78 is 17.5. The van der Waals surface area contributed by atoms with Crippen LogP contribution in [-0.2, 0) is 10.8 Å². The van der Waals surface area contributed by atoms with Gasteiger partial charge in [0.15, 0.2) is 0 Å². The summed E-state index contributed by atoms with van der Waals surface area (Å²) >= 11 is 0. The number of ether oxygens (including phenoxy) is 1. The number of hydrogen-bond donors (Lipinski definition) is 0. The van der Waals surface area contributed by atoms with E-state index < -0.39 is 10.8 Å². The van der Waals surface area contributed by atoms with Gasteiger partial charge in [0.1, 0.15) is 6.61 Å². The monoisotopic (exact) mass is 339 g/mol. The molecule has 2 rings (SSSR count). The molecule has 0 spiro atoms. The Labute approximate surface area is 140 Å². The second-order valence-corrected chi connectivity index (χ2v) is 7.99. The summed E-state index contributed by atoms with van der Waals surface area (Å²) in [6.07, 6.45) is 2.37. The van der Waals surface area contributed by atoms with Crippen LogP contribution in [0.1, 0.15) is 23.7 Å². The molecule has 2 unspecified atom stereocenters. The molecule has 6 nitrogen and oxygen atoms in total. The Morgan fingerprint density at radius 2 is 2.26 bits per heavy atom. The van der Waals surface area contributed by atoms with Gasteiger partial charge in [0.2, 0.25) is 5.88 Å². The van der Waals surface area contributed by atoms with Gasteiger partial charge < -0.3 is 14.5 Å². The Kier molecular flexibility index (Phi) is 6.53. The lowest BCUT2D eigenvalue weighted by molar-refractivity contribution is 0.0766. The van der Waals surface area contributed by atoms with Crippen LogP contribution in [0.25, 0.3) is 0 Å². The van der Waals surface area contributed by atoms with E-state index in [1.54, 1.807) is 23.2 Å². The Morgan fingerprint density at radius 1 is 1.48 bits per heavy atom. The van der Waals surface area contributed by atoms with E-state index in [1.165, 1.54) is 0 Å². The molecular formula is C16H25N3O3S. The number of amides is 1. The lowest BCUT2D eigenvalue weighted by Crippen LogP contribution is -2.33. The Morgan fingerprint density at radius 3 is 3.00 bits per heavy atom. The zero-order chi connectivity index (χ0) is 16.8. The molecule has 0 radical (unpaired) electrons. The van der Waals surface area contributed by atoms with Crippen molar-refractivity contribution in [1.29, 1.82) is 0 Å². The molecule has 2 atom stereocenters. The first-order chi connectivity index (χ1) is 11.0. The van der Waals surface area contributed by atoms with Gasteiger partial charge in [-0.2, -0.15) is 0 Å². The molecule has 7 heteroatoms. The number of carbonyl (C=O) groups excluding carboxylic acids is 1. The van der Waals surface area contributed by atoms with Gasteiger partial charge in [-0.05, 0) is 26.6 Å². The zero-order valence-electron chi connectivity index (χ0n) is 14.0. The van der Waals surface area contributed by atoms with Crippen molar-refractivity contribution in [2.24, 2.45) is 0 Å². The summed E-state index contributed by atoms with van der Waals surface area (Å²) in [6.45, 7) is 4.47. The van der Waals surface area contributed by atoms with Crippen molar-refractivity contribution in [3.05, 3.63) is 23.9 Å². The fourth-order valence-electron chi connectivity index (χ4n) is 2.32. The van der Waals surface area contributed by atoms with Crippen molar-refractivity contribution in [1.82, 2.24) is 14.8 Å². The highest BCUT2D eigenvalue weighted by atomic mass is 32.2. The normalized spacial score (nSPS) is 22.0. The summed E-state index contributed by atoms with van der Waals surface area (Å²) in [5.41, 5.74) is 0.570. The van der Waals surface area contributed by atoms with Crippen molar-refractivity contribution >= 4 is 16.7 Å². The van der Waals surface area contributed by atoms with Crippen LogP contribution in [0, 0.1) is 0 Å². The summed E-state index contributed by atoms with van der Waals surface area (Å²) in [4.78, 5) is 20.6. The smallest absolute Gasteiger partial charge is 0.254 e. The Hall–Kier alpha value is -1.47. The number of rotatable bonds is 5. The number of aromatic nitrogens is 1. The van der Waals surface area contributed by atoms with E-state index in [2.05, 4.69) is 4.98 Å². The molecule has 1 aromatic rings. The van der Waals surface area contributed by atoms with Crippen LogP contribution in [0.4, 0.5) is 0 Å². The van der Waals surface area contributed by atoms with Gasteiger partial charge in [0, 0.05) is 59.3 Å². The number of nitrogens with zero attached hydrogens (tertiary/aromatic N) is 3. The van der Waals surface area contributed by atoms with Gasteiger partial charge in [-0.3, -0.25) is 9.00 Å². The van der Waals surface area contributed by atoms with E-state index in [-0.39, 0.29) is 11.2 Å². The maximum absolute atomic E-state index is 12.6. The molecule has 0 aromatic carbocycles. The maximum Gasteiger partial charge on any atom is 0.254 e. The van der Waals surface area contributed by atoms with Crippen molar-refractivity contribution in [2.75, 3.05) is 46.1 Å². The van der Waals surface area contributed by atoms with Gasteiger partial charge in [-0.25, -0.2) is 4.98 Å². The summed E-state index contributed by atoms with van der Waals surface area (Å²) in [7, 11) is 3.10. The number of carbonyl (C=O) groups is 1. The van der Waals surface area contributed by atoms with E-state index in [1.807, 2.05) is 25.9 Å². The van der Waals surface area contributed by atoms with Crippen LogP contribution in [0.5, 0.6) is 5.88 Å². The minimum Gasteiger partial charge on any atom is -0.476 e. The van der Waals surface area contributed by atoms with Crippen LogP contribution < -0.4 is 4.74 Å². The van der Waals surface area contributed by atoms with E-state index in [0.29, 0.717) is 36.9 Å². The van der Waals surface area contributed by atoms with Crippen LogP contribution >= 0.6 is 0 Å². The molecule has 0 bridgehead atoms. The summed E-state index contributed by atoms with van der Waals surface area (Å²) in [5, 5.41) is 0.148. The molecule has 1 saturated heterocycles. The molecule has 1 amide bonds. The van der Waals surface area contributed by atoms with E-state index in [4.69, 9.17) is 4.74 Å². The van der Waals surface area contributed by atoms with Crippen molar-refractivity contribution in [3.63, 3.8) is 0 Å². The average molecular weight is 339 g/mol. The van der Waals surface area contributed by atoms with Gasteiger partial charge in [0.25, 0.3) is 5.91 Å². The third-order valence-corrected chi connectivity index (χ3v) is 5.59. The largest absolute Gasteiger partial charge is 0.476 e. The second-order valence-electron chi connectivity index (χ2n) is 6.01. The van der Waals surface area contributed by atoms with E-state index >= 15 is 0 Å². The maximum atomic E-state index is 12.6. The van der Waals surface area contributed by atoms with Gasteiger partial charge in [0.05, 0.1) is 0 Å². The number of hydrogen-bond acceptors (Lipinski definition) is 5. The average Bonchev–Trinajstić information content (AvgIpc) is 2.69. The van der Waals surface area contributed by atoms with Crippen LogP contribution in [0.15, 0.2) is 18.3 Å². The molecule has 0 N–H and O–H groups in total. The minimum absolute atomic E-state index is 0.0454. The molecule has 128 valence electrons. The first-order valence-electron chi connectivity index (χ1n) is 7.87. The first-order valence-corrected chi connectivity index (χ1v) is 9.25. The van der Waals surface area contributed by atoms with Gasteiger partial charge >= 0.3 is 0 Å². The highest BCUT2D eigenvalue weighted by molar-refractivity contribution is 7.85. The molecule has 0 aliphatic carbocycles. The predicted octanol–water partition coefficient (Wildman–Crippen LogP) is 1.01. The predicted molar refractivity (Wildman–Crippen MR) is 91.3 cm³/mol. The van der Waals surface area contributed by atoms with Crippen molar-refractivity contribution in [2.45, 2.75) is 18.6 Å². The topological polar surface area (TPSA) is 62.7 Å². The highest BCUT2D eigenvalue weighted by Gasteiger charge is 2.23. The van der Waals surface area contributed by atoms with Crippen molar-refractivity contribution < 1.29 is 13.7 Å². The molecular weight excluding hydrogens is 314 g/mol. The fourth-order valence-corrected chi connectivity index (χ4v) is 3.49. The molecule has 0 saturated carbocycles. The third-order valence-electron chi connectivity index (χ3n) is 3.87. The third kappa shape index (κ3) is 5.28. The summed E-state index contributed by atoms with van der Waals surface area (Å²) in [5.74, 6) is 0.963. The van der Waals surface area contributed by atoms with Crippen molar-refractivity contribution in [3.8, 4) is 5.88 Å². The Balaban J connectivity index is 2.00.